The summed E-state index contributed by atoms with van der Waals surface area (Å²) in [6, 6.07) is 9.01. The van der Waals surface area contributed by atoms with E-state index in [1.165, 1.54) is 11.1 Å². The molecule has 1 aromatic rings. The van der Waals surface area contributed by atoms with E-state index < -0.39 is 0 Å². The molecule has 0 bridgehead atoms. The molecule has 120 valence electrons. The average molecular weight is 321 g/mol. The number of halogens is 1. The van der Waals surface area contributed by atoms with Crippen molar-refractivity contribution in [1.82, 2.24) is 5.32 Å². The monoisotopic (exact) mass is 320 g/mol. The van der Waals surface area contributed by atoms with Gasteiger partial charge >= 0.3 is 0 Å². The van der Waals surface area contributed by atoms with Gasteiger partial charge < -0.3 is 11.1 Å². The molecule has 3 N–H and O–H groups in total. The fourth-order valence-corrected chi connectivity index (χ4v) is 4.60. The smallest absolute Gasteiger partial charge is 0.225 e. The van der Waals surface area contributed by atoms with Crippen molar-refractivity contribution in [2.75, 3.05) is 0 Å². The molecule has 1 amide bonds. The molecule has 5 unspecified atom stereocenters. The summed E-state index contributed by atoms with van der Waals surface area (Å²) in [5.41, 5.74) is 8.94. The maximum atomic E-state index is 12.6. The molecular weight excluding hydrogens is 296 g/mol. The highest BCUT2D eigenvalue weighted by molar-refractivity contribution is 5.85. The molecule has 3 aliphatic rings. The summed E-state index contributed by atoms with van der Waals surface area (Å²) in [4.78, 5) is 12.6. The maximum absolute atomic E-state index is 12.6. The van der Waals surface area contributed by atoms with Gasteiger partial charge in [-0.15, -0.1) is 12.4 Å². The molecule has 1 aromatic carbocycles. The number of hydrogen-bond acceptors (Lipinski definition) is 2. The van der Waals surface area contributed by atoms with E-state index in [1.807, 2.05) is 6.92 Å². The summed E-state index contributed by atoms with van der Waals surface area (Å²) in [7, 11) is 0. The minimum atomic E-state index is -0.329. The highest BCUT2D eigenvalue weighted by Crippen LogP contribution is 2.56. The summed E-state index contributed by atoms with van der Waals surface area (Å²) in [5, 5.41) is 3.30. The van der Waals surface area contributed by atoms with Crippen molar-refractivity contribution in [2.24, 2.45) is 17.6 Å². The number of nitrogens with one attached hydrogen (secondary N) is 1. The first kappa shape index (κ1) is 15.8. The largest absolute Gasteiger partial charge is 0.352 e. The van der Waals surface area contributed by atoms with E-state index in [4.69, 9.17) is 5.73 Å². The molecule has 3 nitrogen and oxygen atoms in total. The first-order valence-electron chi connectivity index (χ1n) is 8.25. The van der Waals surface area contributed by atoms with Gasteiger partial charge in [0.25, 0.3) is 0 Å². The second kappa shape index (κ2) is 5.54. The van der Waals surface area contributed by atoms with Crippen LogP contribution in [0.1, 0.15) is 49.7 Å². The van der Waals surface area contributed by atoms with Crippen LogP contribution in [0.3, 0.4) is 0 Å². The number of rotatable bonds is 2. The first-order valence-corrected chi connectivity index (χ1v) is 8.25. The fraction of sp³-hybridized carbons (Fsp3) is 0.611. The molecule has 2 fully saturated rings. The van der Waals surface area contributed by atoms with E-state index in [2.05, 4.69) is 29.6 Å². The third-order valence-corrected chi connectivity index (χ3v) is 5.92. The number of carbonyl (C=O) groups is 1. The van der Waals surface area contributed by atoms with Gasteiger partial charge in [-0.3, -0.25) is 4.79 Å². The molecule has 0 spiro atoms. The molecule has 0 aliphatic heterocycles. The summed E-state index contributed by atoms with van der Waals surface area (Å²) in [6.07, 6.45) is 5.31. The predicted molar refractivity (Wildman–Crippen MR) is 90.1 cm³/mol. The molecule has 2 saturated carbocycles. The Kier molecular flexibility index (Phi) is 3.98. The zero-order chi connectivity index (χ0) is 14.6. The molecule has 4 rings (SSSR count). The topological polar surface area (TPSA) is 55.1 Å². The van der Waals surface area contributed by atoms with Gasteiger partial charge in [0.2, 0.25) is 5.91 Å². The Hall–Kier alpha value is -1.06. The number of amides is 1. The van der Waals surface area contributed by atoms with Crippen LogP contribution in [0, 0.1) is 11.8 Å². The molecule has 0 aromatic heterocycles. The molecular formula is C18H25ClN2O. The average Bonchev–Trinajstić information content (AvgIpc) is 2.95. The normalized spacial score (nSPS) is 38.5. The lowest BCUT2D eigenvalue weighted by molar-refractivity contribution is -0.128. The summed E-state index contributed by atoms with van der Waals surface area (Å²) < 4.78 is 0. The Morgan fingerprint density at radius 3 is 2.86 bits per heavy atom. The van der Waals surface area contributed by atoms with Gasteiger partial charge in [0.05, 0.1) is 5.92 Å². The number of nitrogens with two attached hydrogens (primary N) is 1. The highest BCUT2D eigenvalue weighted by Gasteiger charge is 2.56. The van der Waals surface area contributed by atoms with Gasteiger partial charge in [-0.1, -0.05) is 37.1 Å². The Balaban J connectivity index is 0.00000144. The van der Waals surface area contributed by atoms with E-state index in [0.29, 0.717) is 17.9 Å². The lowest BCUT2D eigenvalue weighted by atomic mass is 9.74. The van der Waals surface area contributed by atoms with Crippen LogP contribution in [-0.2, 0) is 11.2 Å². The molecule has 0 radical (unpaired) electrons. The van der Waals surface area contributed by atoms with Crippen LogP contribution in [0.4, 0.5) is 0 Å². The van der Waals surface area contributed by atoms with Crippen LogP contribution >= 0.6 is 12.4 Å². The molecule has 5 atom stereocenters. The van der Waals surface area contributed by atoms with Crippen molar-refractivity contribution in [3.05, 3.63) is 35.4 Å². The van der Waals surface area contributed by atoms with Crippen LogP contribution in [0.5, 0.6) is 0 Å². The Labute approximate surface area is 138 Å². The van der Waals surface area contributed by atoms with E-state index in [0.717, 1.165) is 32.1 Å². The van der Waals surface area contributed by atoms with Crippen LogP contribution in [0.15, 0.2) is 24.3 Å². The Morgan fingerprint density at radius 2 is 2.09 bits per heavy atom. The third-order valence-electron chi connectivity index (χ3n) is 5.92. The SMILES string of the molecule is CC1(N)CCCCC1C(=O)NC1C2Cc3ccccc3C21.Cl. The number of benzene rings is 1. The lowest BCUT2D eigenvalue weighted by Gasteiger charge is -2.37. The van der Waals surface area contributed by atoms with E-state index in [9.17, 15) is 4.79 Å². The second-order valence-electron chi connectivity index (χ2n) is 7.43. The maximum Gasteiger partial charge on any atom is 0.225 e. The van der Waals surface area contributed by atoms with Crippen molar-refractivity contribution in [3.63, 3.8) is 0 Å². The number of fused-ring (bicyclic) bond motifs is 3. The van der Waals surface area contributed by atoms with Crippen molar-refractivity contribution in [2.45, 2.75) is 56.5 Å². The summed E-state index contributed by atoms with van der Waals surface area (Å²) in [5.74, 6) is 1.36. The fourth-order valence-electron chi connectivity index (χ4n) is 4.60. The van der Waals surface area contributed by atoms with Crippen molar-refractivity contribution in [1.29, 1.82) is 0 Å². The Morgan fingerprint density at radius 1 is 1.32 bits per heavy atom. The van der Waals surface area contributed by atoms with Crippen LogP contribution in [-0.4, -0.2) is 17.5 Å². The lowest BCUT2D eigenvalue weighted by Crippen LogP contribution is -2.53. The van der Waals surface area contributed by atoms with Gasteiger partial charge in [0.15, 0.2) is 0 Å². The van der Waals surface area contributed by atoms with Gasteiger partial charge in [-0.25, -0.2) is 0 Å². The van der Waals surface area contributed by atoms with Crippen LogP contribution in [0.25, 0.3) is 0 Å². The van der Waals surface area contributed by atoms with Gasteiger partial charge in [0, 0.05) is 17.5 Å². The molecule has 22 heavy (non-hydrogen) atoms. The minimum Gasteiger partial charge on any atom is -0.352 e. The zero-order valence-corrected chi connectivity index (χ0v) is 13.9. The first-order chi connectivity index (χ1) is 10.1. The van der Waals surface area contributed by atoms with Crippen LogP contribution in [0.2, 0.25) is 0 Å². The van der Waals surface area contributed by atoms with E-state index in [-0.39, 0.29) is 29.8 Å². The summed E-state index contributed by atoms with van der Waals surface area (Å²) in [6.45, 7) is 2.04. The van der Waals surface area contributed by atoms with Gasteiger partial charge in [0.1, 0.15) is 0 Å². The van der Waals surface area contributed by atoms with Gasteiger partial charge in [-0.05, 0) is 43.2 Å². The molecule has 4 heteroatoms. The predicted octanol–water partition coefficient (Wildman–Crippen LogP) is 2.77. The second-order valence-corrected chi connectivity index (χ2v) is 7.43. The third kappa shape index (κ3) is 2.44. The summed E-state index contributed by atoms with van der Waals surface area (Å²) >= 11 is 0. The Bertz CT molecular complexity index is 586. The zero-order valence-electron chi connectivity index (χ0n) is 13.0. The van der Waals surface area contributed by atoms with Crippen molar-refractivity contribution >= 4 is 18.3 Å². The van der Waals surface area contributed by atoms with Crippen LogP contribution < -0.4 is 11.1 Å². The number of carbonyl (C=O) groups excluding carboxylic acids is 1. The standard InChI is InChI=1S/C18H24N2O.ClH/c1-18(19)9-5-4-8-14(18)17(21)20-16-13-10-11-6-2-3-7-12(11)15(13)16;/h2-3,6-7,13-16H,4-5,8-10,19H2,1H3,(H,20,21);1H. The molecule has 0 heterocycles. The van der Waals surface area contributed by atoms with E-state index in [1.54, 1.807) is 0 Å². The highest BCUT2D eigenvalue weighted by atomic mass is 35.5. The van der Waals surface area contributed by atoms with E-state index >= 15 is 0 Å². The number of hydrogen-bond donors (Lipinski definition) is 2. The minimum absolute atomic E-state index is 0. The van der Waals surface area contributed by atoms with Crippen molar-refractivity contribution < 1.29 is 4.79 Å². The molecule has 0 saturated heterocycles. The quantitative estimate of drug-likeness (QED) is 0.880. The van der Waals surface area contributed by atoms with Crippen molar-refractivity contribution in [3.8, 4) is 0 Å². The van der Waals surface area contributed by atoms with Gasteiger partial charge in [-0.2, -0.15) is 0 Å². The molecule has 3 aliphatic carbocycles.